The SMILES string of the molecule is COS(=O)(=O)Cc1cc(F)cc2c1OC(CNC(=O)OC(C)(C)C)C2. The minimum absolute atomic E-state index is 0.154. The van der Waals surface area contributed by atoms with Crippen molar-refractivity contribution in [2.24, 2.45) is 0 Å². The number of benzene rings is 1. The number of amides is 1. The molecule has 140 valence electrons. The first-order valence-corrected chi connectivity index (χ1v) is 9.30. The molecule has 1 aromatic rings. The number of carbonyl (C=O) groups is 1. The van der Waals surface area contributed by atoms with Crippen LogP contribution >= 0.6 is 0 Å². The molecule has 0 bridgehead atoms. The predicted molar refractivity (Wildman–Crippen MR) is 88.4 cm³/mol. The van der Waals surface area contributed by atoms with Gasteiger partial charge in [0.25, 0.3) is 10.1 Å². The Bertz CT molecular complexity index is 757. The first-order chi connectivity index (χ1) is 11.5. The van der Waals surface area contributed by atoms with E-state index in [2.05, 4.69) is 9.50 Å². The number of nitrogens with one attached hydrogen (secondary N) is 1. The number of hydrogen-bond acceptors (Lipinski definition) is 6. The lowest BCUT2D eigenvalue weighted by molar-refractivity contribution is 0.0506. The molecule has 1 N–H and O–H groups in total. The van der Waals surface area contributed by atoms with Crippen LogP contribution in [0.5, 0.6) is 5.75 Å². The number of ether oxygens (including phenoxy) is 2. The van der Waals surface area contributed by atoms with Crippen LogP contribution in [0.4, 0.5) is 9.18 Å². The van der Waals surface area contributed by atoms with Crippen LogP contribution in [-0.2, 0) is 31.2 Å². The fraction of sp³-hybridized carbons (Fsp3) is 0.562. The Kier molecular flexibility index (Phi) is 5.58. The molecule has 1 unspecified atom stereocenters. The summed E-state index contributed by atoms with van der Waals surface area (Å²) in [5.41, 5.74) is 0.128. The average Bonchev–Trinajstić information content (AvgIpc) is 2.86. The summed E-state index contributed by atoms with van der Waals surface area (Å²) in [6, 6.07) is 2.41. The van der Waals surface area contributed by atoms with E-state index in [1.54, 1.807) is 20.8 Å². The summed E-state index contributed by atoms with van der Waals surface area (Å²) in [4.78, 5) is 11.7. The Morgan fingerprint density at radius 2 is 2.08 bits per heavy atom. The first kappa shape index (κ1) is 19.5. The molecule has 1 aromatic carbocycles. The van der Waals surface area contributed by atoms with Crippen LogP contribution in [0, 0.1) is 5.82 Å². The van der Waals surface area contributed by atoms with Crippen LogP contribution in [0.3, 0.4) is 0 Å². The standard InChI is InChI=1S/C16H22FNO6S/c1-16(2,3)24-15(19)18-8-13-7-10-5-12(17)6-11(14(10)23-13)9-25(20,21)22-4/h5-6,13H,7-9H2,1-4H3,(H,18,19). The lowest BCUT2D eigenvalue weighted by atomic mass is 10.1. The minimum Gasteiger partial charge on any atom is -0.488 e. The van der Waals surface area contributed by atoms with Gasteiger partial charge >= 0.3 is 6.09 Å². The fourth-order valence-electron chi connectivity index (χ4n) is 2.45. The maximum absolute atomic E-state index is 13.7. The van der Waals surface area contributed by atoms with Crippen LogP contribution in [0.1, 0.15) is 31.9 Å². The Balaban J connectivity index is 2.06. The van der Waals surface area contributed by atoms with Gasteiger partial charge in [-0.25, -0.2) is 9.18 Å². The maximum atomic E-state index is 13.7. The summed E-state index contributed by atoms with van der Waals surface area (Å²) >= 11 is 0. The van der Waals surface area contributed by atoms with E-state index < -0.39 is 39.5 Å². The Labute approximate surface area is 146 Å². The minimum atomic E-state index is -3.81. The van der Waals surface area contributed by atoms with Crippen molar-refractivity contribution < 1.29 is 31.3 Å². The van der Waals surface area contributed by atoms with Crippen molar-refractivity contribution >= 4 is 16.2 Å². The second-order valence-electron chi connectivity index (χ2n) is 6.75. The topological polar surface area (TPSA) is 90.9 Å². The van der Waals surface area contributed by atoms with Gasteiger partial charge in [-0.15, -0.1) is 0 Å². The molecule has 1 aliphatic heterocycles. The molecule has 0 fully saturated rings. The Morgan fingerprint density at radius 1 is 1.40 bits per heavy atom. The molecule has 0 saturated heterocycles. The zero-order valence-corrected chi connectivity index (χ0v) is 15.4. The molecule has 0 saturated carbocycles. The monoisotopic (exact) mass is 375 g/mol. The van der Waals surface area contributed by atoms with Gasteiger partial charge in [0.2, 0.25) is 0 Å². The van der Waals surface area contributed by atoms with E-state index in [4.69, 9.17) is 9.47 Å². The number of fused-ring (bicyclic) bond motifs is 1. The molecule has 0 spiro atoms. The van der Waals surface area contributed by atoms with E-state index in [0.29, 0.717) is 17.7 Å². The molecule has 7 nitrogen and oxygen atoms in total. The molecule has 0 aromatic heterocycles. The van der Waals surface area contributed by atoms with Gasteiger partial charge in [-0.1, -0.05) is 0 Å². The lowest BCUT2D eigenvalue weighted by Crippen LogP contribution is -2.38. The van der Waals surface area contributed by atoms with Gasteiger partial charge in [0.1, 0.15) is 29.0 Å². The summed E-state index contributed by atoms with van der Waals surface area (Å²) in [6.45, 7) is 5.40. The summed E-state index contributed by atoms with van der Waals surface area (Å²) < 4.78 is 52.3. The van der Waals surface area contributed by atoms with Crippen LogP contribution < -0.4 is 10.1 Å². The first-order valence-electron chi connectivity index (χ1n) is 7.72. The van der Waals surface area contributed by atoms with Crippen LogP contribution in [-0.4, -0.2) is 39.9 Å². The largest absolute Gasteiger partial charge is 0.488 e. The second kappa shape index (κ2) is 7.17. The van der Waals surface area contributed by atoms with Crippen LogP contribution in [0.25, 0.3) is 0 Å². The predicted octanol–water partition coefficient (Wildman–Crippen LogP) is 2.13. The maximum Gasteiger partial charge on any atom is 0.407 e. The van der Waals surface area contributed by atoms with Crippen molar-refractivity contribution in [2.45, 2.75) is 44.6 Å². The van der Waals surface area contributed by atoms with Crippen molar-refractivity contribution in [3.63, 3.8) is 0 Å². The lowest BCUT2D eigenvalue weighted by Gasteiger charge is -2.20. The summed E-state index contributed by atoms with van der Waals surface area (Å²) in [7, 11) is -2.77. The average molecular weight is 375 g/mol. The van der Waals surface area contributed by atoms with Crippen LogP contribution in [0.2, 0.25) is 0 Å². The molecule has 1 amide bonds. The van der Waals surface area contributed by atoms with E-state index in [1.165, 1.54) is 6.07 Å². The smallest absolute Gasteiger partial charge is 0.407 e. The third-order valence-corrected chi connectivity index (χ3v) is 4.57. The van der Waals surface area contributed by atoms with Crippen molar-refractivity contribution in [1.29, 1.82) is 0 Å². The Morgan fingerprint density at radius 3 is 2.68 bits per heavy atom. The van der Waals surface area contributed by atoms with Gasteiger partial charge in [-0.2, -0.15) is 8.42 Å². The van der Waals surface area contributed by atoms with Crippen molar-refractivity contribution in [1.82, 2.24) is 5.32 Å². The van der Waals surface area contributed by atoms with E-state index in [1.807, 2.05) is 0 Å². The van der Waals surface area contributed by atoms with Gasteiger partial charge in [0, 0.05) is 17.5 Å². The highest BCUT2D eigenvalue weighted by molar-refractivity contribution is 7.85. The molecule has 0 aliphatic carbocycles. The summed E-state index contributed by atoms with van der Waals surface area (Å²) in [5.74, 6) is -0.724. The molecular weight excluding hydrogens is 353 g/mol. The highest BCUT2D eigenvalue weighted by atomic mass is 32.2. The van der Waals surface area contributed by atoms with E-state index in [0.717, 1.165) is 13.2 Å². The highest BCUT2D eigenvalue weighted by Crippen LogP contribution is 2.34. The molecule has 0 radical (unpaired) electrons. The van der Waals surface area contributed by atoms with Gasteiger partial charge in [0.15, 0.2) is 0 Å². The number of alkyl carbamates (subject to hydrolysis) is 1. The quantitative estimate of drug-likeness (QED) is 0.793. The molecular formula is C16H22FNO6S. The van der Waals surface area contributed by atoms with Gasteiger partial charge in [0.05, 0.1) is 13.7 Å². The van der Waals surface area contributed by atoms with E-state index in [9.17, 15) is 17.6 Å². The number of rotatable bonds is 5. The normalized spacial score (nSPS) is 16.9. The summed E-state index contributed by atoms with van der Waals surface area (Å²) in [6.07, 6.45) is -0.670. The van der Waals surface area contributed by atoms with Gasteiger partial charge < -0.3 is 14.8 Å². The van der Waals surface area contributed by atoms with Gasteiger partial charge in [-0.05, 0) is 32.9 Å². The second-order valence-corrected chi connectivity index (χ2v) is 8.49. The van der Waals surface area contributed by atoms with Crippen LogP contribution in [0.15, 0.2) is 12.1 Å². The molecule has 1 heterocycles. The molecule has 1 aliphatic rings. The van der Waals surface area contributed by atoms with Crippen molar-refractivity contribution in [2.75, 3.05) is 13.7 Å². The van der Waals surface area contributed by atoms with Crippen molar-refractivity contribution in [3.8, 4) is 5.75 Å². The molecule has 25 heavy (non-hydrogen) atoms. The fourth-order valence-corrected chi connectivity index (χ4v) is 3.16. The third-order valence-electron chi connectivity index (χ3n) is 3.40. The number of halogens is 1. The van der Waals surface area contributed by atoms with Crippen molar-refractivity contribution in [3.05, 3.63) is 29.1 Å². The highest BCUT2D eigenvalue weighted by Gasteiger charge is 2.29. The summed E-state index contributed by atoms with van der Waals surface area (Å²) in [5, 5.41) is 2.59. The zero-order valence-electron chi connectivity index (χ0n) is 14.6. The number of hydrogen-bond donors (Lipinski definition) is 1. The zero-order chi connectivity index (χ0) is 18.8. The molecule has 1 atom stereocenters. The van der Waals surface area contributed by atoms with E-state index in [-0.39, 0.29) is 12.1 Å². The molecule has 2 rings (SSSR count). The Hall–Kier alpha value is -1.87. The van der Waals surface area contributed by atoms with Gasteiger partial charge in [-0.3, -0.25) is 4.18 Å². The molecule has 9 heteroatoms. The third kappa shape index (κ3) is 5.57. The number of carbonyl (C=O) groups excluding carboxylic acids is 1. The van der Waals surface area contributed by atoms with E-state index >= 15 is 0 Å².